The van der Waals surface area contributed by atoms with Crippen molar-refractivity contribution in [2.24, 2.45) is 12.8 Å². The summed E-state index contributed by atoms with van der Waals surface area (Å²) in [5.41, 5.74) is 3.65. The Kier molecular flexibility index (Phi) is 6.40. The Morgan fingerprint density at radius 2 is 1.88 bits per heavy atom. The maximum Gasteiger partial charge on any atom is 0.332 e. The Balaban J connectivity index is 2.29. The monoisotopic (exact) mass is 503 g/mol. The lowest BCUT2D eigenvalue weighted by atomic mass is 9.89. The molecule has 1 saturated heterocycles. The Morgan fingerprint density at radius 1 is 1.27 bits per heavy atom. The molecule has 0 unspecified atom stereocenters. The van der Waals surface area contributed by atoms with Crippen LogP contribution in [-0.4, -0.2) is 57.4 Å². The lowest BCUT2D eigenvalue weighted by Gasteiger charge is -2.43. The van der Waals surface area contributed by atoms with E-state index in [-0.39, 0.29) is 17.3 Å². The van der Waals surface area contributed by atoms with E-state index in [0.29, 0.717) is 5.56 Å². The van der Waals surface area contributed by atoms with Gasteiger partial charge in [0.2, 0.25) is 0 Å². The summed E-state index contributed by atoms with van der Waals surface area (Å²) in [5, 5.41) is 0.580. The van der Waals surface area contributed by atoms with Gasteiger partial charge in [0.05, 0.1) is 17.7 Å². The van der Waals surface area contributed by atoms with Crippen molar-refractivity contribution >= 4 is 18.4 Å². The average Bonchev–Trinajstić information content (AvgIpc) is 3.09. The van der Waals surface area contributed by atoms with Crippen molar-refractivity contribution in [3.63, 3.8) is 0 Å². The summed E-state index contributed by atoms with van der Waals surface area (Å²) in [6.45, 7) is 11.5. The molecule has 3 heterocycles. The van der Waals surface area contributed by atoms with Crippen LogP contribution >= 0.6 is 0 Å². The molecular weight excluding hydrogens is 470 g/mol. The van der Waals surface area contributed by atoms with E-state index in [2.05, 4.69) is 0 Å². The minimum atomic E-state index is -4.13. The first kappa shape index (κ1) is 25.8. The van der Waals surface area contributed by atoms with Gasteiger partial charge in [-0.25, -0.2) is 8.98 Å². The molecule has 0 aliphatic carbocycles. The smallest absolute Gasteiger partial charge is 0.332 e. The van der Waals surface area contributed by atoms with Crippen LogP contribution in [0.1, 0.15) is 32.6 Å². The number of methoxy groups -OCH3 is 1. The maximum absolute atomic E-state index is 13.1. The Labute approximate surface area is 194 Å². The number of nitrogens with zero attached hydrogens (tertiary/aromatic N) is 2. The molecule has 186 valence electrons. The van der Waals surface area contributed by atoms with E-state index < -0.39 is 53.7 Å². The number of aromatic nitrogens is 2. The van der Waals surface area contributed by atoms with Gasteiger partial charge in [-0.05, 0) is 25.1 Å². The lowest BCUT2D eigenvalue weighted by molar-refractivity contribution is -0.0671. The molecule has 4 atom stereocenters. The van der Waals surface area contributed by atoms with Gasteiger partial charge in [0.15, 0.2) is 20.1 Å². The van der Waals surface area contributed by atoms with Gasteiger partial charge in [-0.2, -0.15) is 8.42 Å². The number of hydrogen-bond acceptors (Lipinski definition) is 9. The molecule has 0 saturated carbocycles. The normalized spacial score (nSPS) is 29.6. The molecule has 1 spiro atoms. The van der Waals surface area contributed by atoms with Crippen LogP contribution in [0.4, 0.5) is 0 Å². The molecule has 33 heavy (non-hydrogen) atoms. The standard InChI is InChI=1S/C20H33N3O8SSi/c1-12-9-23(18(25)22(5)16(12)24)17-15(30-33(7,8)19(2,3)4)20(14(29-17)10-28-6)13(21)11-32(26,27)31-20/h9,11,14-15,17H,10,21H2,1-8H3/t14-,15+,17-,20-/m1/s1. The molecule has 2 aliphatic rings. The Bertz CT molecular complexity index is 1200. The van der Waals surface area contributed by atoms with E-state index in [1.165, 1.54) is 24.9 Å². The van der Waals surface area contributed by atoms with Crippen LogP contribution in [-0.2, 0) is 35.2 Å². The number of nitrogens with two attached hydrogens (primary N) is 1. The van der Waals surface area contributed by atoms with Crippen molar-refractivity contribution in [1.82, 2.24) is 9.13 Å². The van der Waals surface area contributed by atoms with E-state index >= 15 is 0 Å². The molecule has 11 nitrogen and oxygen atoms in total. The molecule has 0 aromatic carbocycles. The van der Waals surface area contributed by atoms with Crippen molar-refractivity contribution in [2.75, 3.05) is 13.7 Å². The first-order valence-corrected chi connectivity index (χ1v) is 14.9. The number of rotatable bonds is 5. The molecule has 2 aliphatic heterocycles. The second-order valence-electron chi connectivity index (χ2n) is 10.1. The zero-order valence-electron chi connectivity index (χ0n) is 20.2. The van der Waals surface area contributed by atoms with E-state index in [9.17, 15) is 18.0 Å². The zero-order valence-corrected chi connectivity index (χ0v) is 22.1. The molecule has 0 amide bonds. The van der Waals surface area contributed by atoms with Crippen molar-refractivity contribution in [3.05, 3.63) is 43.7 Å². The molecule has 1 aromatic heterocycles. The third kappa shape index (κ3) is 4.14. The van der Waals surface area contributed by atoms with Crippen molar-refractivity contribution in [3.8, 4) is 0 Å². The first-order valence-electron chi connectivity index (χ1n) is 10.5. The molecule has 1 aromatic rings. The van der Waals surface area contributed by atoms with Crippen LogP contribution < -0.4 is 17.0 Å². The summed E-state index contributed by atoms with van der Waals surface area (Å²) >= 11 is 0. The molecule has 13 heteroatoms. The Hall–Kier alpha value is -1.77. The summed E-state index contributed by atoms with van der Waals surface area (Å²) < 4.78 is 50.9. The van der Waals surface area contributed by atoms with Crippen molar-refractivity contribution in [1.29, 1.82) is 0 Å². The maximum atomic E-state index is 13.1. The van der Waals surface area contributed by atoms with Gasteiger partial charge in [-0.3, -0.25) is 13.9 Å². The highest BCUT2D eigenvalue weighted by Crippen LogP contribution is 2.51. The topological polar surface area (TPSA) is 141 Å². The van der Waals surface area contributed by atoms with Crippen LogP contribution in [0.15, 0.2) is 26.9 Å². The summed E-state index contributed by atoms with van der Waals surface area (Å²) in [5.74, 6) is 0. The highest BCUT2D eigenvalue weighted by atomic mass is 32.2. The van der Waals surface area contributed by atoms with Crippen LogP contribution in [0.2, 0.25) is 18.1 Å². The first-order chi connectivity index (χ1) is 15.0. The van der Waals surface area contributed by atoms with Gasteiger partial charge >= 0.3 is 5.69 Å². The number of ether oxygens (including phenoxy) is 2. The quantitative estimate of drug-likeness (QED) is 0.454. The third-order valence-corrected chi connectivity index (χ3v) is 12.2. The highest BCUT2D eigenvalue weighted by Gasteiger charge is 2.67. The van der Waals surface area contributed by atoms with Crippen LogP contribution in [0.3, 0.4) is 0 Å². The number of aryl methyl sites for hydroxylation is 1. The summed E-state index contributed by atoms with van der Waals surface area (Å²) in [7, 11) is -3.92. The fourth-order valence-electron chi connectivity index (χ4n) is 3.89. The van der Waals surface area contributed by atoms with Crippen molar-refractivity contribution in [2.45, 2.75) is 69.9 Å². The molecule has 2 N–H and O–H groups in total. The van der Waals surface area contributed by atoms with E-state index in [1.54, 1.807) is 6.92 Å². The highest BCUT2D eigenvalue weighted by molar-refractivity contribution is 7.90. The van der Waals surface area contributed by atoms with E-state index in [1.807, 2.05) is 33.9 Å². The second kappa shape index (κ2) is 8.17. The lowest BCUT2D eigenvalue weighted by Crippen LogP contribution is -2.58. The van der Waals surface area contributed by atoms with Gasteiger partial charge in [0, 0.05) is 25.9 Å². The predicted octanol–water partition coefficient (Wildman–Crippen LogP) is 0.689. The second-order valence-corrected chi connectivity index (χ2v) is 16.2. The Morgan fingerprint density at radius 3 is 2.36 bits per heavy atom. The van der Waals surface area contributed by atoms with E-state index in [0.717, 1.165) is 9.98 Å². The minimum Gasteiger partial charge on any atom is -0.406 e. The summed E-state index contributed by atoms with van der Waals surface area (Å²) in [6.07, 6.45) is -1.86. The van der Waals surface area contributed by atoms with Crippen LogP contribution in [0.25, 0.3) is 0 Å². The van der Waals surface area contributed by atoms with Gasteiger partial charge in [-0.1, -0.05) is 20.8 Å². The molecule has 3 rings (SSSR count). The van der Waals surface area contributed by atoms with E-state index in [4.69, 9.17) is 23.8 Å². The van der Waals surface area contributed by atoms with Crippen LogP contribution in [0.5, 0.6) is 0 Å². The van der Waals surface area contributed by atoms with Gasteiger partial charge in [0.1, 0.15) is 12.2 Å². The molecule has 1 fully saturated rings. The van der Waals surface area contributed by atoms with Gasteiger partial charge < -0.3 is 19.6 Å². The molecule has 0 bridgehead atoms. The fraction of sp³-hybridized carbons (Fsp3) is 0.700. The van der Waals surface area contributed by atoms with Crippen LogP contribution in [0, 0.1) is 6.92 Å². The number of hydrogen-bond donors (Lipinski definition) is 1. The van der Waals surface area contributed by atoms with Gasteiger partial charge in [-0.15, -0.1) is 0 Å². The summed E-state index contributed by atoms with van der Waals surface area (Å²) in [6, 6.07) is 0. The SMILES string of the molecule is COC[C@H]1O[C@@H](n2cc(C)c(=O)n(C)c2=O)[C@H](O[Si](C)(C)C(C)(C)C)[C@]12OS(=O)(=O)C=C2N. The van der Waals surface area contributed by atoms with Crippen molar-refractivity contribution < 1.29 is 26.5 Å². The fourth-order valence-corrected chi connectivity index (χ4v) is 6.40. The van der Waals surface area contributed by atoms with Gasteiger partial charge in [0.25, 0.3) is 15.7 Å². The minimum absolute atomic E-state index is 0.0720. The molecular formula is C20H33N3O8SSi. The molecule has 0 radical (unpaired) electrons. The summed E-state index contributed by atoms with van der Waals surface area (Å²) in [4.78, 5) is 25.4. The predicted molar refractivity (Wildman–Crippen MR) is 124 cm³/mol. The zero-order chi connectivity index (χ0) is 25.1. The average molecular weight is 504 g/mol. The largest absolute Gasteiger partial charge is 0.406 e. The third-order valence-electron chi connectivity index (χ3n) is 6.74.